The Bertz CT molecular complexity index is 590. The minimum absolute atomic E-state index is 0.0693. The second-order valence-corrected chi connectivity index (χ2v) is 8.28. The molecule has 2 rings (SSSR count). The fourth-order valence-corrected chi connectivity index (χ4v) is 5.39. The molecule has 4 nitrogen and oxygen atoms in total. The van der Waals surface area contributed by atoms with Crippen molar-refractivity contribution in [2.45, 2.75) is 64.5 Å². The van der Waals surface area contributed by atoms with Gasteiger partial charge < -0.3 is 9.90 Å². The van der Waals surface area contributed by atoms with Gasteiger partial charge in [0, 0.05) is 6.42 Å². The number of rotatable bonds is 7. The monoisotopic (exact) mass is 349 g/mol. The van der Waals surface area contributed by atoms with Crippen LogP contribution in [0.2, 0.25) is 0 Å². The third-order valence-electron chi connectivity index (χ3n) is 4.68. The molecule has 2 unspecified atom stereocenters. The maximum Gasteiger partial charge on any atom is 0.265 e. The number of carbonyl (C=O) groups is 2. The molecular formula is C19H27NO3S. The van der Waals surface area contributed by atoms with Crippen molar-refractivity contribution >= 4 is 23.0 Å². The van der Waals surface area contributed by atoms with Crippen molar-refractivity contribution in [3.05, 3.63) is 34.4 Å². The first kappa shape index (κ1) is 18.8. The summed E-state index contributed by atoms with van der Waals surface area (Å²) >= 11 is -0.584. The van der Waals surface area contributed by atoms with Gasteiger partial charge in [0.05, 0.1) is 12.4 Å². The summed E-state index contributed by atoms with van der Waals surface area (Å²) in [6, 6.07) is 4.40. The molecule has 1 N–H and O–H groups in total. The van der Waals surface area contributed by atoms with Crippen molar-refractivity contribution in [1.29, 1.82) is 0 Å². The molecule has 0 bridgehead atoms. The summed E-state index contributed by atoms with van der Waals surface area (Å²) in [5.74, 6) is -0.354. The molecule has 5 heteroatoms. The third kappa shape index (κ3) is 4.32. The van der Waals surface area contributed by atoms with E-state index >= 15 is 0 Å². The number of carboxylic acids is 1. The van der Waals surface area contributed by atoms with E-state index in [2.05, 4.69) is 37.6 Å². The van der Waals surface area contributed by atoms with Crippen LogP contribution < -0.4 is 9.83 Å². The zero-order chi connectivity index (χ0) is 17.7. The van der Waals surface area contributed by atoms with Crippen LogP contribution in [-0.4, -0.2) is 22.9 Å². The highest BCUT2D eigenvalue weighted by atomic mass is 32.2. The average Bonchev–Trinajstić information content (AvgIpc) is 3.03. The summed E-state index contributed by atoms with van der Waals surface area (Å²) < 4.78 is 2.96. The maximum atomic E-state index is 12.5. The number of carboxylic acid groups (broad SMARTS) is 1. The van der Waals surface area contributed by atoms with Crippen molar-refractivity contribution in [3.63, 3.8) is 0 Å². The Morgan fingerprint density at radius 2 is 1.79 bits per heavy atom. The predicted molar refractivity (Wildman–Crippen MR) is 96.7 cm³/mol. The van der Waals surface area contributed by atoms with Crippen molar-refractivity contribution in [2.75, 3.05) is 5.75 Å². The molecule has 1 saturated heterocycles. The van der Waals surface area contributed by atoms with Gasteiger partial charge in [0.25, 0.3) is 5.91 Å². The van der Waals surface area contributed by atoms with Crippen LogP contribution in [0.4, 0.5) is 0 Å². The van der Waals surface area contributed by atoms with E-state index in [-0.39, 0.29) is 5.91 Å². The van der Waals surface area contributed by atoms with Crippen molar-refractivity contribution in [3.8, 4) is 0 Å². The summed E-state index contributed by atoms with van der Waals surface area (Å²) in [6.45, 7) is 6.36. The van der Waals surface area contributed by atoms with E-state index in [1.807, 2.05) is 0 Å². The lowest BCUT2D eigenvalue weighted by molar-refractivity contribution is -0.304. The number of aryl methyl sites for hydroxylation is 3. The normalized spacial score (nSPS) is 20.1. The predicted octanol–water partition coefficient (Wildman–Crippen LogP) is 1.48. The lowest BCUT2D eigenvalue weighted by Crippen LogP contribution is -2.46. The number of hydrogen-bond acceptors (Lipinski definition) is 3. The second-order valence-electron chi connectivity index (χ2n) is 6.24. The van der Waals surface area contributed by atoms with Crippen LogP contribution in [0.1, 0.15) is 55.9 Å². The molecular weight excluding hydrogens is 322 g/mol. The molecule has 0 spiro atoms. The molecule has 1 aromatic rings. The van der Waals surface area contributed by atoms with E-state index < -0.39 is 22.3 Å². The van der Waals surface area contributed by atoms with Crippen molar-refractivity contribution < 1.29 is 14.7 Å². The van der Waals surface area contributed by atoms with Gasteiger partial charge in [-0.3, -0.25) is 4.79 Å². The Hall–Kier alpha value is -1.49. The largest absolute Gasteiger partial charge is 0.545 e. The molecule has 24 heavy (non-hydrogen) atoms. The number of aliphatic carboxylic acids is 1. The molecule has 0 aliphatic carbocycles. The minimum atomic E-state index is -1.04. The highest BCUT2D eigenvalue weighted by molar-refractivity contribution is 7.97. The topological polar surface area (TPSA) is 69.2 Å². The number of amides is 1. The highest BCUT2D eigenvalue weighted by Crippen LogP contribution is 2.23. The van der Waals surface area contributed by atoms with Crippen LogP contribution in [-0.2, 0) is 46.4 Å². The summed E-state index contributed by atoms with van der Waals surface area (Å²) in [6.07, 6.45) is 4.57. The van der Waals surface area contributed by atoms with Gasteiger partial charge in [-0.25, -0.2) is 0 Å². The molecule has 1 amide bonds. The number of nitrogens with one attached hydrogen (secondary N) is 1. The van der Waals surface area contributed by atoms with E-state index in [0.29, 0.717) is 12.8 Å². The van der Waals surface area contributed by atoms with Crippen LogP contribution in [0.5, 0.6) is 0 Å². The van der Waals surface area contributed by atoms with Gasteiger partial charge in [-0.2, -0.15) is 4.72 Å². The van der Waals surface area contributed by atoms with E-state index in [1.165, 1.54) is 16.7 Å². The zero-order valence-corrected chi connectivity index (χ0v) is 15.6. The SMILES string of the molecule is CCc1cc(CC)c(CC(=O)N[S+]2CCCC2C(=O)[O-])c(CC)c1. The Morgan fingerprint density at radius 1 is 1.17 bits per heavy atom. The molecule has 0 radical (unpaired) electrons. The summed E-state index contributed by atoms with van der Waals surface area (Å²) in [5, 5.41) is 10.6. The third-order valence-corrected chi connectivity index (χ3v) is 7.02. The molecule has 1 aromatic carbocycles. The first-order valence-electron chi connectivity index (χ1n) is 8.83. The van der Waals surface area contributed by atoms with Crippen LogP contribution in [0.15, 0.2) is 12.1 Å². The van der Waals surface area contributed by atoms with Gasteiger partial charge in [-0.05, 0) is 47.9 Å². The smallest absolute Gasteiger partial charge is 0.265 e. The van der Waals surface area contributed by atoms with Gasteiger partial charge in [-0.15, -0.1) is 0 Å². The number of hydrogen-bond donors (Lipinski definition) is 1. The standard InChI is InChI=1S/C19H27NO3S/c1-4-13-10-14(5-2)16(15(6-3)11-13)12-18(21)20-24-9-7-8-17(24)19(22)23/h10-11,17H,4-9,12H2,1-3H3,(H-,20,21,22,23). The maximum absolute atomic E-state index is 12.5. The summed E-state index contributed by atoms with van der Waals surface area (Å²) in [4.78, 5) is 23.7. The van der Waals surface area contributed by atoms with E-state index in [4.69, 9.17) is 0 Å². The Morgan fingerprint density at radius 3 is 2.29 bits per heavy atom. The zero-order valence-electron chi connectivity index (χ0n) is 14.8. The molecule has 1 aliphatic heterocycles. The summed E-state index contributed by atoms with van der Waals surface area (Å²) in [7, 11) is 0. The molecule has 1 heterocycles. The van der Waals surface area contributed by atoms with E-state index in [9.17, 15) is 14.7 Å². The van der Waals surface area contributed by atoms with Gasteiger partial charge in [0.1, 0.15) is 16.8 Å². The first-order valence-corrected chi connectivity index (χ1v) is 10.3. The van der Waals surface area contributed by atoms with E-state index in [1.54, 1.807) is 0 Å². The highest BCUT2D eigenvalue weighted by Gasteiger charge is 2.39. The molecule has 1 aliphatic rings. The fourth-order valence-electron chi connectivity index (χ4n) is 3.34. The minimum Gasteiger partial charge on any atom is -0.545 e. The van der Waals surface area contributed by atoms with Crippen molar-refractivity contribution in [1.82, 2.24) is 4.72 Å². The molecule has 0 saturated carbocycles. The number of carbonyl (C=O) groups excluding carboxylic acids is 2. The van der Waals surface area contributed by atoms with Gasteiger partial charge in [-0.1, -0.05) is 32.9 Å². The van der Waals surface area contributed by atoms with Crippen LogP contribution in [0, 0.1) is 0 Å². The Balaban J connectivity index is 2.15. The Labute approximate surface area is 147 Å². The lowest BCUT2D eigenvalue weighted by atomic mass is 9.92. The quantitative estimate of drug-likeness (QED) is 0.758. The van der Waals surface area contributed by atoms with Gasteiger partial charge >= 0.3 is 0 Å². The fraction of sp³-hybridized carbons (Fsp3) is 0.579. The molecule has 2 atom stereocenters. The summed E-state index contributed by atoms with van der Waals surface area (Å²) in [5.41, 5.74) is 4.88. The first-order chi connectivity index (χ1) is 11.5. The van der Waals surface area contributed by atoms with Gasteiger partial charge in [0.15, 0.2) is 5.25 Å². The Kier molecular flexibility index (Phi) is 6.72. The average molecular weight is 349 g/mol. The molecule has 1 fully saturated rings. The second kappa shape index (κ2) is 8.56. The van der Waals surface area contributed by atoms with Crippen LogP contribution in [0.3, 0.4) is 0 Å². The lowest BCUT2D eigenvalue weighted by Gasteiger charge is -2.16. The van der Waals surface area contributed by atoms with E-state index in [0.717, 1.165) is 37.0 Å². The van der Waals surface area contributed by atoms with Crippen molar-refractivity contribution in [2.24, 2.45) is 0 Å². The van der Waals surface area contributed by atoms with Crippen LogP contribution in [0.25, 0.3) is 0 Å². The molecule has 0 aromatic heterocycles. The van der Waals surface area contributed by atoms with Gasteiger partial charge in [0.2, 0.25) is 0 Å². The molecule has 132 valence electrons. The van der Waals surface area contributed by atoms with Crippen LogP contribution >= 0.6 is 0 Å². The number of benzene rings is 1.